The van der Waals surface area contributed by atoms with Crippen molar-refractivity contribution in [1.29, 1.82) is 0 Å². The van der Waals surface area contributed by atoms with Crippen molar-refractivity contribution in [2.45, 2.75) is 13.5 Å². The molecule has 0 aliphatic carbocycles. The Labute approximate surface area is 106 Å². The van der Waals surface area contributed by atoms with Crippen LogP contribution in [0.4, 0.5) is 0 Å². The van der Waals surface area contributed by atoms with Gasteiger partial charge in [-0.05, 0) is 25.6 Å². The van der Waals surface area contributed by atoms with Gasteiger partial charge in [-0.2, -0.15) is 0 Å². The van der Waals surface area contributed by atoms with E-state index in [2.05, 4.69) is 15.6 Å². The minimum atomic E-state index is 0.0268. The van der Waals surface area contributed by atoms with Gasteiger partial charge in [0.1, 0.15) is 6.54 Å². The predicted octanol–water partition coefficient (Wildman–Crippen LogP) is 0.680. The Morgan fingerprint density at radius 3 is 3.06 bits per heavy atom. The van der Waals surface area contributed by atoms with Crippen molar-refractivity contribution in [3.05, 3.63) is 30.2 Å². The molecule has 0 aliphatic heterocycles. The number of carbonyl (C=O) groups is 1. The first-order chi connectivity index (χ1) is 8.72. The van der Waals surface area contributed by atoms with Gasteiger partial charge in [0.15, 0.2) is 0 Å². The molecule has 0 bridgehead atoms. The molecule has 0 saturated carbocycles. The Bertz CT molecular complexity index is 547. The molecule has 18 heavy (non-hydrogen) atoms. The van der Waals surface area contributed by atoms with E-state index in [0.29, 0.717) is 13.1 Å². The molecule has 2 aromatic rings. The molecule has 0 aliphatic rings. The summed E-state index contributed by atoms with van der Waals surface area (Å²) in [5, 5.41) is 6.96. The average molecular weight is 246 g/mol. The largest absolute Gasteiger partial charge is 0.353 e. The van der Waals surface area contributed by atoms with Crippen LogP contribution in [0, 0.1) is 6.92 Å². The van der Waals surface area contributed by atoms with Crippen molar-refractivity contribution in [3.63, 3.8) is 0 Å². The third-order valence-corrected chi connectivity index (χ3v) is 2.89. The Kier molecular flexibility index (Phi) is 3.94. The van der Waals surface area contributed by atoms with Crippen LogP contribution in [-0.4, -0.2) is 35.6 Å². The zero-order valence-electron chi connectivity index (χ0n) is 10.7. The van der Waals surface area contributed by atoms with E-state index in [1.54, 1.807) is 6.20 Å². The second-order valence-electron chi connectivity index (χ2n) is 4.29. The van der Waals surface area contributed by atoms with Gasteiger partial charge in [0.25, 0.3) is 0 Å². The second-order valence-corrected chi connectivity index (χ2v) is 4.29. The topological polar surface area (TPSA) is 58.9 Å². The summed E-state index contributed by atoms with van der Waals surface area (Å²) < 4.78 is 1.96. The van der Waals surface area contributed by atoms with Crippen molar-refractivity contribution in [3.8, 4) is 0 Å². The van der Waals surface area contributed by atoms with Gasteiger partial charge in [0.05, 0.1) is 5.52 Å². The molecule has 0 aromatic carbocycles. The number of aryl methyl sites for hydroxylation is 1. The number of rotatable bonds is 5. The maximum atomic E-state index is 11.8. The third kappa shape index (κ3) is 2.68. The molecule has 0 radical (unpaired) electrons. The minimum Gasteiger partial charge on any atom is -0.353 e. The molecule has 2 aromatic heterocycles. The number of pyridine rings is 1. The van der Waals surface area contributed by atoms with Crippen LogP contribution in [0.1, 0.15) is 5.56 Å². The monoisotopic (exact) mass is 246 g/mol. The summed E-state index contributed by atoms with van der Waals surface area (Å²) in [7, 11) is 1.86. The molecular formula is C13H18N4O. The Morgan fingerprint density at radius 2 is 2.28 bits per heavy atom. The molecule has 2 rings (SSSR count). The third-order valence-electron chi connectivity index (χ3n) is 2.89. The first kappa shape index (κ1) is 12.6. The van der Waals surface area contributed by atoms with E-state index >= 15 is 0 Å². The van der Waals surface area contributed by atoms with Crippen LogP contribution in [0.15, 0.2) is 24.7 Å². The Hall–Kier alpha value is -1.88. The van der Waals surface area contributed by atoms with Gasteiger partial charge < -0.3 is 15.2 Å². The maximum Gasteiger partial charge on any atom is 0.239 e. The molecule has 5 heteroatoms. The highest BCUT2D eigenvalue weighted by Crippen LogP contribution is 2.18. The number of hydrogen-bond acceptors (Lipinski definition) is 3. The number of fused-ring (bicyclic) bond motifs is 1. The fraction of sp³-hybridized carbons (Fsp3) is 0.385. The van der Waals surface area contributed by atoms with Crippen LogP contribution in [0.3, 0.4) is 0 Å². The molecule has 0 unspecified atom stereocenters. The van der Waals surface area contributed by atoms with Gasteiger partial charge in [0, 0.05) is 37.1 Å². The lowest BCUT2D eigenvalue weighted by Crippen LogP contribution is -2.32. The van der Waals surface area contributed by atoms with Gasteiger partial charge in [0.2, 0.25) is 5.91 Å². The first-order valence-electron chi connectivity index (χ1n) is 6.03. The lowest BCUT2D eigenvalue weighted by atomic mass is 10.2. The second kappa shape index (κ2) is 5.64. The molecule has 1 amide bonds. The van der Waals surface area contributed by atoms with E-state index in [4.69, 9.17) is 0 Å². The quantitative estimate of drug-likeness (QED) is 0.763. The molecule has 2 N–H and O–H groups in total. The Morgan fingerprint density at radius 1 is 1.44 bits per heavy atom. The fourth-order valence-corrected chi connectivity index (χ4v) is 1.98. The molecule has 0 spiro atoms. The van der Waals surface area contributed by atoms with Crippen LogP contribution >= 0.6 is 0 Å². The number of likely N-dealkylation sites (N-methyl/N-ethyl adjacent to an activating group) is 1. The first-order valence-corrected chi connectivity index (χ1v) is 6.03. The van der Waals surface area contributed by atoms with Crippen molar-refractivity contribution in [2.75, 3.05) is 20.1 Å². The van der Waals surface area contributed by atoms with E-state index in [-0.39, 0.29) is 5.91 Å². The summed E-state index contributed by atoms with van der Waals surface area (Å²) in [6.45, 7) is 3.80. The summed E-state index contributed by atoms with van der Waals surface area (Å²) in [5.41, 5.74) is 2.19. The number of nitrogens with one attached hydrogen (secondary N) is 2. The summed E-state index contributed by atoms with van der Waals surface area (Å²) in [6.07, 6.45) is 5.57. The van der Waals surface area contributed by atoms with Crippen molar-refractivity contribution in [2.24, 2.45) is 0 Å². The molecule has 0 fully saturated rings. The average Bonchev–Trinajstić information content (AvgIpc) is 2.67. The minimum absolute atomic E-state index is 0.0268. The normalized spacial score (nSPS) is 10.8. The SMILES string of the molecule is CNCCNC(=O)Cn1cc(C)c2cnccc21. The van der Waals surface area contributed by atoms with E-state index in [1.807, 2.05) is 37.0 Å². The predicted molar refractivity (Wildman–Crippen MR) is 71.4 cm³/mol. The van der Waals surface area contributed by atoms with E-state index < -0.39 is 0 Å². The zero-order valence-corrected chi connectivity index (χ0v) is 10.7. The summed E-state index contributed by atoms with van der Waals surface area (Å²) >= 11 is 0. The summed E-state index contributed by atoms with van der Waals surface area (Å²) in [5.74, 6) is 0.0268. The molecule has 5 nitrogen and oxygen atoms in total. The van der Waals surface area contributed by atoms with E-state index in [1.165, 1.54) is 0 Å². The van der Waals surface area contributed by atoms with Gasteiger partial charge in [-0.15, -0.1) is 0 Å². The van der Waals surface area contributed by atoms with Crippen LogP contribution in [0.5, 0.6) is 0 Å². The molecule has 0 atom stereocenters. The maximum absolute atomic E-state index is 11.8. The van der Waals surface area contributed by atoms with Crippen LogP contribution in [0.2, 0.25) is 0 Å². The highest BCUT2D eigenvalue weighted by molar-refractivity contribution is 5.85. The molecule has 0 saturated heterocycles. The van der Waals surface area contributed by atoms with Crippen LogP contribution < -0.4 is 10.6 Å². The Balaban J connectivity index is 2.10. The highest BCUT2D eigenvalue weighted by Gasteiger charge is 2.08. The number of aromatic nitrogens is 2. The van der Waals surface area contributed by atoms with Gasteiger partial charge >= 0.3 is 0 Å². The summed E-state index contributed by atoms with van der Waals surface area (Å²) in [4.78, 5) is 15.9. The smallest absolute Gasteiger partial charge is 0.239 e. The van der Waals surface area contributed by atoms with Gasteiger partial charge in [-0.25, -0.2) is 0 Å². The summed E-state index contributed by atoms with van der Waals surface area (Å²) in [6, 6.07) is 1.93. The van der Waals surface area contributed by atoms with Crippen molar-refractivity contribution in [1.82, 2.24) is 20.2 Å². The molecule has 96 valence electrons. The molecular weight excluding hydrogens is 228 g/mol. The number of hydrogen-bond donors (Lipinski definition) is 2. The highest BCUT2D eigenvalue weighted by atomic mass is 16.1. The van der Waals surface area contributed by atoms with Crippen LogP contribution in [-0.2, 0) is 11.3 Å². The zero-order chi connectivity index (χ0) is 13.0. The van der Waals surface area contributed by atoms with Crippen LogP contribution in [0.25, 0.3) is 10.9 Å². The standard InChI is InChI=1S/C13H18N4O/c1-10-8-17(9-13(18)16-6-5-14-2)12-3-4-15-7-11(10)12/h3-4,7-8,14H,5-6,9H2,1-2H3,(H,16,18). The lowest BCUT2D eigenvalue weighted by Gasteiger charge is -2.06. The molecule has 2 heterocycles. The van der Waals surface area contributed by atoms with E-state index in [0.717, 1.165) is 23.0 Å². The van der Waals surface area contributed by atoms with Crippen molar-refractivity contribution < 1.29 is 4.79 Å². The fourth-order valence-electron chi connectivity index (χ4n) is 1.98. The lowest BCUT2D eigenvalue weighted by molar-refractivity contribution is -0.121. The van der Waals surface area contributed by atoms with Gasteiger partial charge in [-0.3, -0.25) is 9.78 Å². The number of carbonyl (C=O) groups excluding carboxylic acids is 1. The van der Waals surface area contributed by atoms with Crippen molar-refractivity contribution >= 4 is 16.8 Å². The number of amides is 1. The number of nitrogens with zero attached hydrogens (tertiary/aromatic N) is 2. The van der Waals surface area contributed by atoms with Gasteiger partial charge in [-0.1, -0.05) is 0 Å². The van der Waals surface area contributed by atoms with E-state index in [9.17, 15) is 4.79 Å².